The summed E-state index contributed by atoms with van der Waals surface area (Å²) in [6, 6.07) is 6.23. The predicted octanol–water partition coefficient (Wildman–Crippen LogP) is 2.51. The molecule has 18 heavy (non-hydrogen) atoms. The Hall–Kier alpha value is -2.21. The van der Waals surface area contributed by atoms with E-state index in [2.05, 4.69) is 4.98 Å². The van der Waals surface area contributed by atoms with Crippen molar-refractivity contribution in [2.75, 3.05) is 7.11 Å². The lowest BCUT2D eigenvalue weighted by Crippen LogP contribution is -2.14. The zero-order chi connectivity index (χ0) is 13.1. The Morgan fingerprint density at radius 1 is 1.39 bits per heavy atom. The zero-order valence-corrected chi connectivity index (χ0v) is 9.99. The molecule has 94 valence electrons. The monoisotopic (exact) mass is 248 g/mol. The van der Waals surface area contributed by atoms with Crippen molar-refractivity contribution in [3.63, 3.8) is 0 Å². The molecule has 1 heterocycles. The van der Waals surface area contributed by atoms with E-state index < -0.39 is 11.2 Å². The Bertz CT molecular complexity index is 585. The number of ether oxygens (including phenoxy) is 2. The third kappa shape index (κ3) is 2.23. The van der Waals surface area contributed by atoms with Crippen molar-refractivity contribution in [1.82, 2.24) is 4.98 Å². The molecule has 0 saturated carbocycles. The Morgan fingerprint density at radius 3 is 2.83 bits per heavy atom. The second-order valence-corrected chi connectivity index (χ2v) is 3.66. The van der Waals surface area contributed by atoms with Gasteiger partial charge in [-0.2, -0.15) is 0 Å². The molecule has 0 radical (unpaired) electrons. The molecular formula is C12H12N2O4. The topological polar surface area (TPSA) is 74.5 Å². The van der Waals surface area contributed by atoms with E-state index in [0.29, 0.717) is 16.7 Å². The SMILES string of the molecule is COC(C)Oc1ccc([N+](=O)[O-])c2cccnc12. The largest absolute Gasteiger partial charge is 0.463 e. The highest BCUT2D eigenvalue weighted by Gasteiger charge is 2.16. The minimum Gasteiger partial charge on any atom is -0.463 e. The molecule has 1 unspecified atom stereocenters. The molecule has 0 aliphatic rings. The van der Waals surface area contributed by atoms with Gasteiger partial charge in [0.15, 0.2) is 6.29 Å². The average molecular weight is 248 g/mol. The van der Waals surface area contributed by atoms with E-state index in [-0.39, 0.29) is 5.69 Å². The molecule has 0 N–H and O–H groups in total. The summed E-state index contributed by atoms with van der Waals surface area (Å²) in [7, 11) is 1.52. The number of methoxy groups -OCH3 is 1. The first-order chi connectivity index (χ1) is 8.63. The van der Waals surface area contributed by atoms with Crippen LogP contribution in [0.2, 0.25) is 0 Å². The Labute approximate surface area is 103 Å². The van der Waals surface area contributed by atoms with Crippen LogP contribution in [0.4, 0.5) is 5.69 Å². The van der Waals surface area contributed by atoms with Gasteiger partial charge in [0.05, 0.1) is 10.3 Å². The van der Waals surface area contributed by atoms with Crippen molar-refractivity contribution >= 4 is 16.6 Å². The normalized spacial score (nSPS) is 12.3. The summed E-state index contributed by atoms with van der Waals surface area (Å²) in [5.74, 6) is 0.463. The lowest BCUT2D eigenvalue weighted by molar-refractivity contribution is -0.383. The van der Waals surface area contributed by atoms with Crippen molar-refractivity contribution in [2.24, 2.45) is 0 Å². The summed E-state index contributed by atoms with van der Waals surface area (Å²) < 4.78 is 10.5. The minimum atomic E-state index is -0.448. The summed E-state index contributed by atoms with van der Waals surface area (Å²) in [5, 5.41) is 11.4. The lowest BCUT2D eigenvalue weighted by Gasteiger charge is -2.13. The number of nitro benzene ring substituents is 1. The molecule has 0 bridgehead atoms. The second kappa shape index (κ2) is 4.97. The van der Waals surface area contributed by atoms with Crippen molar-refractivity contribution in [2.45, 2.75) is 13.2 Å². The van der Waals surface area contributed by atoms with Gasteiger partial charge in [-0.15, -0.1) is 0 Å². The number of rotatable bonds is 4. The molecule has 1 aromatic heterocycles. The van der Waals surface area contributed by atoms with E-state index in [1.807, 2.05) is 0 Å². The highest BCUT2D eigenvalue weighted by Crippen LogP contribution is 2.31. The third-order valence-electron chi connectivity index (χ3n) is 2.53. The summed E-state index contributed by atoms with van der Waals surface area (Å²) in [6.45, 7) is 1.73. The fourth-order valence-corrected chi connectivity index (χ4v) is 1.61. The van der Waals surface area contributed by atoms with Crippen LogP contribution in [0.15, 0.2) is 30.5 Å². The van der Waals surface area contributed by atoms with Gasteiger partial charge in [-0.25, -0.2) is 0 Å². The van der Waals surface area contributed by atoms with Gasteiger partial charge in [0, 0.05) is 19.4 Å². The van der Waals surface area contributed by atoms with E-state index in [9.17, 15) is 10.1 Å². The van der Waals surface area contributed by atoms with Gasteiger partial charge in [0.1, 0.15) is 11.3 Å². The second-order valence-electron chi connectivity index (χ2n) is 3.66. The maximum Gasteiger partial charge on any atom is 0.279 e. The molecule has 6 heteroatoms. The number of benzene rings is 1. The van der Waals surface area contributed by atoms with Crippen molar-refractivity contribution in [3.05, 3.63) is 40.6 Å². The molecule has 0 amide bonds. The van der Waals surface area contributed by atoms with Crippen molar-refractivity contribution in [3.8, 4) is 5.75 Å². The van der Waals surface area contributed by atoms with Crippen LogP contribution < -0.4 is 4.74 Å². The van der Waals surface area contributed by atoms with Crippen LogP contribution in [-0.2, 0) is 4.74 Å². The zero-order valence-electron chi connectivity index (χ0n) is 9.99. The Balaban J connectivity index is 2.57. The molecule has 0 fully saturated rings. The van der Waals surface area contributed by atoms with E-state index in [1.54, 1.807) is 25.3 Å². The van der Waals surface area contributed by atoms with E-state index >= 15 is 0 Å². The summed E-state index contributed by atoms with van der Waals surface area (Å²) >= 11 is 0. The predicted molar refractivity (Wildman–Crippen MR) is 65.5 cm³/mol. The van der Waals surface area contributed by atoms with E-state index in [4.69, 9.17) is 9.47 Å². The number of hydrogen-bond donors (Lipinski definition) is 0. The molecule has 0 aliphatic heterocycles. The molecule has 2 rings (SSSR count). The fourth-order valence-electron chi connectivity index (χ4n) is 1.61. The number of pyridine rings is 1. The number of nitro groups is 1. The average Bonchev–Trinajstić information content (AvgIpc) is 2.38. The third-order valence-corrected chi connectivity index (χ3v) is 2.53. The molecule has 0 aliphatic carbocycles. The van der Waals surface area contributed by atoms with E-state index in [0.717, 1.165) is 0 Å². The van der Waals surface area contributed by atoms with Crippen LogP contribution in [0.3, 0.4) is 0 Å². The molecule has 1 atom stereocenters. The smallest absolute Gasteiger partial charge is 0.279 e. The van der Waals surface area contributed by atoms with Gasteiger partial charge < -0.3 is 9.47 Å². The molecule has 1 aromatic carbocycles. The summed E-state index contributed by atoms with van der Waals surface area (Å²) in [6.07, 6.45) is 1.12. The highest BCUT2D eigenvalue weighted by atomic mass is 16.7. The standard InChI is InChI=1S/C12H12N2O4/c1-8(17-2)18-11-6-5-10(14(15)16)9-4-3-7-13-12(9)11/h3-8H,1-2H3. The molecular weight excluding hydrogens is 236 g/mol. The van der Waals surface area contributed by atoms with Crippen LogP contribution in [0.5, 0.6) is 5.75 Å². The Kier molecular flexibility index (Phi) is 3.38. The molecule has 0 saturated heterocycles. The fraction of sp³-hybridized carbons (Fsp3) is 0.250. The highest BCUT2D eigenvalue weighted by molar-refractivity contribution is 5.92. The Morgan fingerprint density at radius 2 is 2.17 bits per heavy atom. The van der Waals surface area contributed by atoms with Crippen LogP contribution in [-0.4, -0.2) is 23.3 Å². The number of nitrogens with zero attached hydrogens (tertiary/aromatic N) is 2. The maximum atomic E-state index is 10.9. The van der Waals surface area contributed by atoms with Crippen LogP contribution in [0, 0.1) is 10.1 Å². The number of hydrogen-bond acceptors (Lipinski definition) is 5. The summed E-state index contributed by atoms with van der Waals surface area (Å²) in [4.78, 5) is 14.6. The number of fused-ring (bicyclic) bond motifs is 1. The molecule has 0 spiro atoms. The van der Waals surface area contributed by atoms with Gasteiger partial charge in [-0.05, 0) is 25.1 Å². The molecule has 6 nitrogen and oxygen atoms in total. The lowest BCUT2D eigenvalue weighted by atomic mass is 10.1. The van der Waals surface area contributed by atoms with Crippen LogP contribution >= 0.6 is 0 Å². The van der Waals surface area contributed by atoms with E-state index in [1.165, 1.54) is 19.2 Å². The number of non-ortho nitro benzene ring substituents is 1. The molecule has 2 aromatic rings. The summed E-state index contributed by atoms with van der Waals surface area (Å²) in [5.41, 5.74) is 0.464. The maximum absolute atomic E-state index is 10.9. The van der Waals surface area contributed by atoms with Crippen molar-refractivity contribution < 1.29 is 14.4 Å². The van der Waals surface area contributed by atoms with Gasteiger partial charge >= 0.3 is 0 Å². The van der Waals surface area contributed by atoms with Crippen LogP contribution in [0.1, 0.15) is 6.92 Å². The quantitative estimate of drug-likeness (QED) is 0.472. The van der Waals surface area contributed by atoms with Gasteiger partial charge in [0.2, 0.25) is 0 Å². The first kappa shape index (κ1) is 12.3. The van der Waals surface area contributed by atoms with Crippen LogP contribution in [0.25, 0.3) is 10.9 Å². The van der Waals surface area contributed by atoms with Gasteiger partial charge in [-0.1, -0.05) is 0 Å². The van der Waals surface area contributed by atoms with Crippen molar-refractivity contribution in [1.29, 1.82) is 0 Å². The first-order valence-electron chi connectivity index (χ1n) is 5.35. The van der Waals surface area contributed by atoms with Gasteiger partial charge in [-0.3, -0.25) is 15.1 Å². The van der Waals surface area contributed by atoms with Gasteiger partial charge in [0.25, 0.3) is 5.69 Å². The number of aromatic nitrogens is 1. The minimum absolute atomic E-state index is 0.00974. The first-order valence-corrected chi connectivity index (χ1v) is 5.35.